The molecule has 2 fully saturated rings. The summed E-state index contributed by atoms with van der Waals surface area (Å²) in [5.41, 5.74) is 0. The molecule has 3 rings (SSSR count). The van der Waals surface area contributed by atoms with E-state index in [-0.39, 0.29) is 11.1 Å². The van der Waals surface area contributed by atoms with Crippen molar-refractivity contribution in [2.45, 2.75) is 18.5 Å². The highest BCUT2D eigenvalue weighted by Crippen LogP contribution is 2.26. The molecular formula is C10H11ClN2O2. The highest BCUT2D eigenvalue weighted by molar-refractivity contribution is 6.29. The first kappa shape index (κ1) is 9.24. The van der Waals surface area contributed by atoms with Gasteiger partial charge in [-0.05, 0) is 30.2 Å². The summed E-state index contributed by atoms with van der Waals surface area (Å²) in [6, 6.07) is 4.06. The number of hydrogen-bond acceptors (Lipinski definition) is 3. The lowest BCUT2D eigenvalue weighted by Crippen LogP contribution is -2.60. The van der Waals surface area contributed by atoms with E-state index in [1.807, 2.05) is 4.90 Å². The van der Waals surface area contributed by atoms with E-state index in [9.17, 15) is 4.79 Å². The molecule has 0 aliphatic carbocycles. The van der Waals surface area contributed by atoms with Gasteiger partial charge in [-0.3, -0.25) is 4.79 Å². The first-order valence-corrected chi connectivity index (χ1v) is 5.43. The monoisotopic (exact) mass is 226 g/mol. The Hall–Kier alpha value is -1.00. The van der Waals surface area contributed by atoms with Gasteiger partial charge in [0.05, 0.1) is 6.04 Å². The van der Waals surface area contributed by atoms with E-state index in [1.165, 1.54) is 0 Å². The van der Waals surface area contributed by atoms with Gasteiger partial charge in [0.1, 0.15) is 0 Å². The summed E-state index contributed by atoms with van der Waals surface area (Å²) in [6.45, 7) is 1.70. The molecule has 0 saturated carbocycles. The highest BCUT2D eigenvalue weighted by Gasteiger charge is 2.43. The molecule has 1 aromatic heterocycles. The number of furan rings is 1. The van der Waals surface area contributed by atoms with Crippen molar-refractivity contribution in [1.29, 1.82) is 0 Å². The zero-order chi connectivity index (χ0) is 10.4. The van der Waals surface area contributed by atoms with Crippen molar-refractivity contribution in [3.63, 3.8) is 0 Å². The van der Waals surface area contributed by atoms with Crippen LogP contribution in [0.1, 0.15) is 17.0 Å². The van der Waals surface area contributed by atoms with Gasteiger partial charge in [0, 0.05) is 19.1 Å². The summed E-state index contributed by atoms with van der Waals surface area (Å²) in [6.07, 6.45) is 1.03. The number of carbonyl (C=O) groups excluding carboxylic acids is 1. The van der Waals surface area contributed by atoms with E-state index in [1.54, 1.807) is 12.1 Å². The molecule has 2 unspecified atom stereocenters. The Balaban J connectivity index is 1.80. The van der Waals surface area contributed by atoms with Crippen LogP contribution < -0.4 is 5.32 Å². The lowest BCUT2D eigenvalue weighted by Gasteiger charge is -2.36. The minimum atomic E-state index is -0.0455. The molecule has 1 aromatic rings. The van der Waals surface area contributed by atoms with Crippen molar-refractivity contribution in [3.8, 4) is 0 Å². The summed E-state index contributed by atoms with van der Waals surface area (Å²) in [4.78, 5) is 13.9. The van der Waals surface area contributed by atoms with Crippen LogP contribution in [0.3, 0.4) is 0 Å². The molecule has 5 heteroatoms. The second-order valence-electron chi connectivity index (χ2n) is 3.97. The number of nitrogens with one attached hydrogen (secondary N) is 1. The van der Waals surface area contributed by atoms with Gasteiger partial charge in [-0.25, -0.2) is 0 Å². The number of hydrogen-bond donors (Lipinski definition) is 1. The lowest BCUT2D eigenvalue weighted by molar-refractivity contribution is 0.0647. The fraction of sp³-hybridized carbons (Fsp3) is 0.500. The molecule has 2 atom stereocenters. The molecule has 3 heterocycles. The normalized spacial score (nSPS) is 28.7. The molecule has 2 aliphatic heterocycles. The van der Waals surface area contributed by atoms with E-state index in [4.69, 9.17) is 16.0 Å². The molecule has 0 aromatic carbocycles. The van der Waals surface area contributed by atoms with Crippen LogP contribution in [-0.2, 0) is 0 Å². The molecule has 80 valence electrons. The highest BCUT2D eigenvalue weighted by atomic mass is 35.5. The van der Waals surface area contributed by atoms with E-state index in [2.05, 4.69) is 5.32 Å². The van der Waals surface area contributed by atoms with Crippen molar-refractivity contribution in [1.82, 2.24) is 10.2 Å². The second kappa shape index (κ2) is 3.25. The number of rotatable bonds is 1. The van der Waals surface area contributed by atoms with Gasteiger partial charge < -0.3 is 14.6 Å². The third-order valence-corrected chi connectivity index (χ3v) is 3.38. The van der Waals surface area contributed by atoms with Crippen LogP contribution in [0, 0.1) is 0 Å². The first-order chi connectivity index (χ1) is 7.25. The predicted molar refractivity (Wildman–Crippen MR) is 55.0 cm³/mol. The Bertz CT molecular complexity index is 404. The molecule has 1 amide bonds. The Morgan fingerprint density at radius 3 is 3.00 bits per heavy atom. The molecule has 2 aliphatic rings. The SMILES string of the molecule is O=C(c1ccc(Cl)o1)N1CCC2NCC21. The van der Waals surface area contributed by atoms with Crippen LogP contribution >= 0.6 is 11.6 Å². The maximum absolute atomic E-state index is 12.0. The Kier molecular flexibility index (Phi) is 2.00. The quantitative estimate of drug-likeness (QED) is 0.781. The first-order valence-electron chi connectivity index (χ1n) is 5.05. The van der Waals surface area contributed by atoms with Gasteiger partial charge in [0.2, 0.25) is 0 Å². The third-order valence-electron chi connectivity index (χ3n) is 3.18. The van der Waals surface area contributed by atoms with Crippen LogP contribution in [-0.4, -0.2) is 36.0 Å². The molecule has 1 N–H and O–H groups in total. The number of amides is 1. The molecule has 4 nitrogen and oxygen atoms in total. The van der Waals surface area contributed by atoms with E-state index in [0.29, 0.717) is 17.8 Å². The van der Waals surface area contributed by atoms with Gasteiger partial charge in [-0.15, -0.1) is 0 Å². The Morgan fingerprint density at radius 2 is 2.47 bits per heavy atom. The van der Waals surface area contributed by atoms with Gasteiger partial charge in [-0.2, -0.15) is 0 Å². The minimum absolute atomic E-state index is 0.0455. The summed E-state index contributed by atoms with van der Waals surface area (Å²) in [5, 5.41) is 3.56. The Morgan fingerprint density at radius 1 is 1.60 bits per heavy atom. The van der Waals surface area contributed by atoms with Gasteiger partial charge in [0.25, 0.3) is 5.91 Å². The van der Waals surface area contributed by atoms with E-state index in [0.717, 1.165) is 19.5 Å². The van der Waals surface area contributed by atoms with Crippen molar-refractivity contribution >= 4 is 17.5 Å². The largest absolute Gasteiger partial charge is 0.440 e. The maximum atomic E-state index is 12.0. The average molecular weight is 227 g/mol. The molecule has 0 spiro atoms. The second-order valence-corrected chi connectivity index (χ2v) is 4.35. The number of halogens is 1. The number of likely N-dealkylation sites (tertiary alicyclic amines) is 1. The topological polar surface area (TPSA) is 45.5 Å². The fourth-order valence-electron chi connectivity index (χ4n) is 2.28. The van der Waals surface area contributed by atoms with Crippen molar-refractivity contribution < 1.29 is 9.21 Å². The van der Waals surface area contributed by atoms with Crippen LogP contribution in [0.5, 0.6) is 0 Å². The zero-order valence-electron chi connectivity index (χ0n) is 8.07. The number of nitrogens with zero attached hydrogens (tertiary/aromatic N) is 1. The third kappa shape index (κ3) is 1.36. The molecule has 2 saturated heterocycles. The molecule has 15 heavy (non-hydrogen) atoms. The van der Waals surface area contributed by atoms with E-state index >= 15 is 0 Å². The smallest absolute Gasteiger partial charge is 0.289 e. The van der Waals surface area contributed by atoms with Gasteiger partial charge in [-0.1, -0.05) is 0 Å². The molecule has 0 bridgehead atoms. The lowest BCUT2D eigenvalue weighted by atomic mass is 10.0. The standard InChI is InChI=1S/C10H11ClN2O2/c11-9-2-1-8(15-9)10(14)13-4-3-6-7(13)5-12-6/h1-2,6-7,12H,3-5H2. The molecular weight excluding hydrogens is 216 g/mol. The maximum Gasteiger partial charge on any atom is 0.289 e. The van der Waals surface area contributed by atoms with Crippen LogP contribution in [0.25, 0.3) is 0 Å². The molecule has 0 radical (unpaired) electrons. The summed E-state index contributed by atoms with van der Waals surface area (Å²) in [5.74, 6) is 0.295. The fourth-order valence-corrected chi connectivity index (χ4v) is 2.42. The summed E-state index contributed by atoms with van der Waals surface area (Å²) in [7, 11) is 0. The predicted octanol–water partition coefficient (Wildman–Crippen LogP) is 1.12. The number of fused-ring (bicyclic) bond motifs is 1. The van der Waals surface area contributed by atoms with Crippen LogP contribution in [0.2, 0.25) is 5.22 Å². The van der Waals surface area contributed by atoms with Crippen LogP contribution in [0.4, 0.5) is 0 Å². The minimum Gasteiger partial charge on any atom is -0.440 e. The zero-order valence-corrected chi connectivity index (χ0v) is 8.83. The van der Waals surface area contributed by atoms with Crippen molar-refractivity contribution in [2.75, 3.05) is 13.1 Å². The van der Waals surface area contributed by atoms with Crippen LogP contribution in [0.15, 0.2) is 16.5 Å². The van der Waals surface area contributed by atoms with Gasteiger partial charge >= 0.3 is 0 Å². The summed E-state index contributed by atoms with van der Waals surface area (Å²) >= 11 is 5.64. The Labute approximate surface area is 92.2 Å². The van der Waals surface area contributed by atoms with Gasteiger partial charge in [0.15, 0.2) is 11.0 Å². The average Bonchev–Trinajstić information content (AvgIpc) is 2.70. The van der Waals surface area contributed by atoms with E-state index < -0.39 is 0 Å². The number of carbonyl (C=O) groups is 1. The summed E-state index contributed by atoms with van der Waals surface area (Å²) < 4.78 is 5.12. The van der Waals surface area contributed by atoms with Crippen molar-refractivity contribution in [2.24, 2.45) is 0 Å². The van der Waals surface area contributed by atoms with Crippen molar-refractivity contribution in [3.05, 3.63) is 23.1 Å².